The zero-order valence-corrected chi connectivity index (χ0v) is 16.9. The quantitative estimate of drug-likeness (QED) is 0.506. The summed E-state index contributed by atoms with van der Waals surface area (Å²) in [4.78, 5) is 0. The van der Waals surface area contributed by atoms with E-state index in [2.05, 4.69) is 19.9 Å². The van der Waals surface area contributed by atoms with Crippen LogP contribution in [0.15, 0.2) is 0 Å². The molecule has 0 radical (unpaired) electrons. The molecule has 3 fully saturated rings. The molecule has 0 aromatic heterocycles. The van der Waals surface area contributed by atoms with Gasteiger partial charge in [-0.1, -0.05) is 58.8 Å². The summed E-state index contributed by atoms with van der Waals surface area (Å²) in [6.45, 7) is 4.68. The molecule has 3 aliphatic carbocycles. The van der Waals surface area contributed by atoms with E-state index >= 15 is 0 Å². The Morgan fingerprint density at radius 3 is 1.84 bits per heavy atom. The van der Waals surface area contributed by atoms with Gasteiger partial charge in [0.2, 0.25) is 0 Å². The Hall–Kier alpha value is -0.510. The largest absolute Gasteiger partial charge is 0.198 e. The first-order valence-corrected chi connectivity index (χ1v) is 11.6. The van der Waals surface area contributed by atoms with Gasteiger partial charge in [0.1, 0.15) is 0 Å². The van der Waals surface area contributed by atoms with Crippen molar-refractivity contribution in [1.82, 2.24) is 0 Å². The Morgan fingerprint density at radius 2 is 1.32 bits per heavy atom. The third-order valence-electron chi connectivity index (χ3n) is 8.61. The monoisotopic (exact) mass is 343 g/mol. The molecular formula is C24H41N. The second-order valence-electron chi connectivity index (χ2n) is 9.80. The highest BCUT2D eigenvalue weighted by atomic mass is 14.5. The van der Waals surface area contributed by atoms with Crippen LogP contribution >= 0.6 is 0 Å². The molecule has 0 spiro atoms. The fourth-order valence-corrected chi connectivity index (χ4v) is 6.72. The van der Waals surface area contributed by atoms with Crippen LogP contribution in [0.4, 0.5) is 0 Å². The first-order valence-electron chi connectivity index (χ1n) is 11.6. The molecule has 0 aromatic rings. The SMILES string of the molecule is CCCC1CCC([C@]2(C#N)CC[C@@H](C3CCC(CC)CC3)CC2)CC1. The van der Waals surface area contributed by atoms with Gasteiger partial charge in [0, 0.05) is 0 Å². The van der Waals surface area contributed by atoms with Gasteiger partial charge >= 0.3 is 0 Å². The molecule has 3 aliphatic rings. The van der Waals surface area contributed by atoms with Crippen molar-refractivity contribution >= 4 is 0 Å². The van der Waals surface area contributed by atoms with Crippen LogP contribution in [-0.4, -0.2) is 0 Å². The van der Waals surface area contributed by atoms with E-state index in [4.69, 9.17) is 0 Å². The van der Waals surface area contributed by atoms with Gasteiger partial charge in [0.05, 0.1) is 11.5 Å². The smallest absolute Gasteiger partial charge is 0.0692 e. The third-order valence-corrected chi connectivity index (χ3v) is 8.61. The average molecular weight is 344 g/mol. The van der Waals surface area contributed by atoms with Crippen molar-refractivity contribution < 1.29 is 0 Å². The Bertz CT molecular complexity index is 424. The minimum absolute atomic E-state index is 0.0499. The van der Waals surface area contributed by atoms with Crippen molar-refractivity contribution in [2.75, 3.05) is 0 Å². The summed E-state index contributed by atoms with van der Waals surface area (Å²) in [5.41, 5.74) is 0.0499. The van der Waals surface area contributed by atoms with Crippen LogP contribution in [0.1, 0.15) is 110 Å². The summed E-state index contributed by atoms with van der Waals surface area (Å²) >= 11 is 0. The zero-order chi connectivity index (χ0) is 17.7. The molecule has 1 heteroatoms. The van der Waals surface area contributed by atoms with Crippen LogP contribution in [0, 0.1) is 46.3 Å². The van der Waals surface area contributed by atoms with Crippen LogP contribution in [0.2, 0.25) is 0 Å². The first kappa shape index (κ1) is 19.3. The molecule has 0 bridgehead atoms. The van der Waals surface area contributed by atoms with Crippen LogP contribution in [-0.2, 0) is 0 Å². The Labute approximate surface area is 157 Å². The lowest BCUT2D eigenvalue weighted by Crippen LogP contribution is -2.38. The van der Waals surface area contributed by atoms with E-state index in [1.54, 1.807) is 0 Å². The van der Waals surface area contributed by atoms with E-state index in [-0.39, 0.29) is 5.41 Å². The van der Waals surface area contributed by atoms with Crippen LogP contribution in [0.25, 0.3) is 0 Å². The van der Waals surface area contributed by atoms with Gasteiger partial charge in [0.25, 0.3) is 0 Å². The van der Waals surface area contributed by atoms with Crippen LogP contribution < -0.4 is 0 Å². The summed E-state index contributed by atoms with van der Waals surface area (Å²) in [5.74, 6) is 4.61. The maximum Gasteiger partial charge on any atom is 0.0692 e. The summed E-state index contributed by atoms with van der Waals surface area (Å²) in [6, 6.07) is 2.87. The van der Waals surface area contributed by atoms with Gasteiger partial charge in [-0.05, 0) is 81.0 Å². The molecule has 0 atom stereocenters. The van der Waals surface area contributed by atoms with Crippen molar-refractivity contribution in [3.05, 3.63) is 0 Å². The molecule has 142 valence electrons. The summed E-state index contributed by atoms with van der Waals surface area (Å²) in [6.07, 6.45) is 20.6. The molecule has 0 heterocycles. The van der Waals surface area contributed by atoms with E-state index in [9.17, 15) is 5.26 Å². The zero-order valence-electron chi connectivity index (χ0n) is 16.9. The van der Waals surface area contributed by atoms with Gasteiger partial charge in [-0.3, -0.25) is 0 Å². The standard InChI is InChI=1S/C24H41N/c1-3-5-20-8-12-23(13-9-20)24(18-25)16-14-22(15-17-24)21-10-6-19(4-2)7-11-21/h19-23H,3-17H2,1-2H3/t19?,20?,21?,22-,23?,24-. The van der Waals surface area contributed by atoms with Crippen molar-refractivity contribution in [2.24, 2.45) is 35.0 Å². The number of hydrogen-bond acceptors (Lipinski definition) is 1. The predicted molar refractivity (Wildman–Crippen MR) is 106 cm³/mol. The van der Waals surface area contributed by atoms with Crippen LogP contribution in [0.5, 0.6) is 0 Å². The topological polar surface area (TPSA) is 23.8 Å². The maximum atomic E-state index is 10.1. The molecule has 0 unspecified atom stereocenters. The summed E-state index contributed by atoms with van der Waals surface area (Å²) < 4.78 is 0. The van der Waals surface area contributed by atoms with Crippen molar-refractivity contribution in [2.45, 2.75) is 110 Å². The fourth-order valence-electron chi connectivity index (χ4n) is 6.72. The van der Waals surface area contributed by atoms with E-state index in [1.165, 1.54) is 96.3 Å². The number of rotatable bonds is 5. The lowest BCUT2D eigenvalue weighted by Gasteiger charge is -2.45. The average Bonchev–Trinajstić information content (AvgIpc) is 2.69. The molecule has 1 nitrogen and oxygen atoms in total. The molecule has 3 rings (SSSR count). The summed E-state index contributed by atoms with van der Waals surface area (Å²) in [7, 11) is 0. The Kier molecular flexibility index (Phi) is 6.87. The predicted octanol–water partition coefficient (Wildman–Crippen LogP) is 7.51. The van der Waals surface area contributed by atoms with E-state index in [1.807, 2.05) is 0 Å². The van der Waals surface area contributed by atoms with Gasteiger partial charge in [-0.2, -0.15) is 5.26 Å². The molecule has 25 heavy (non-hydrogen) atoms. The minimum atomic E-state index is 0.0499. The fraction of sp³-hybridized carbons (Fsp3) is 0.958. The molecule has 0 N–H and O–H groups in total. The normalized spacial score (nSPS) is 42.7. The highest BCUT2D eigenvalue weighted by Crippen LogP contribution is 2.52. The highest BCUT2D eigenvalue weighted by Gasteiger charge is 2.44. The number of nitriles is 1. The van der Waals surface area contributed by atoms with Crippen LogP contribution in [0.3, 0.4) is 0 Å². The van der Waals surface area contributed by atoms with Gasteiger partial charge in [-0.25, -0.2) is 0 Å². The molecule has 0 aliphatic heterocycles. The van der Waals surface area contributed by atoms with Crippen molar-refractivity contribution in [3.8, 4) is 6.07 Å². The molecule has 0 aromatic carbocycles. The van der Waals surface area contributed by atoms with Crippen molar-refractivity contribution in [1.29, 1.82) is 5.26 Å². The highest BCUT2D eigenvalue weighted by molar-refractivity contribution is 5.06. The van der Waals surface area contributed by atoms with E-state index in [0.717, 1.165) is 23.7 Å². The van der Waals surface area contributed by atoms with Gasteiger partial charge in [-0.15, -0.1) is 0 Å². The number of hydrogen-bond donors (Lipinski definition) is 0. The molecular weight excluding hydrogens is 302 g/mol. The second-order valence-corrected chi connectivity index (χ2v) is 9.80. The Balaban J connectivity index is 1.50. The van der Waals surface area contributed by atoms with E-state index in [0.29, 0.717) is 5.92 Å². The molecule has 0 saturated heterocycles. The lowest BCUT2D eigenvalue weighted by molar-refractivity contribution is 0.0607. The Morgan fingerprint density at radius 1 is 0.760 bits per heavy atom. The van der Waals surface area contributed by atoms with Crippen molar-refractivity contribution in [3.63, 3.8) is 0 Å². The molecule has 0 amide bonds. The first-order chi connectivity index (χ1) is 12.2. The number of nitrogens with zero attached hydrogens (tertiary/aromatic N) is 1. The lowest BCUT2D eigenvalue weighted by atomic mass is 9.57. The second kappa shape index (κ2) is 8.92. The maximum absolute atomic E-state index is 10.1. The van der Waals surface area contributed by atoms with E-state index < -0.39 is 0 Å². The summed E-state index contributed by atoms with van der Waals surface area (Å²) in [5, 5.41) is 10.1. The minimum Gasteiger partial charge on any atom is -0.198 e. The van der Waals surface area contributed by atoms with Gasteiger partial charge < -0.3 is 0 Å². The third kappa shape index (κ3) is 4.43. The molecule has 3 saturated carbocycles. The van der Waals surface area contributed by atoms with Gasteiger partial charge in [0.15, 0.2) is 0 Å².